The molecule has 0 spiro atoms. The van der Waals surface area contributed by atoms with Crippen LogP contribution in [0.4, 0.5) is 4.39 Å². The Morgan fingerprint density at radius 1 is 1.50 bits per heavy atom. The van der Waals surface area contributed by atoms with Crippen LogP contribution in [0.2, 0.25) is 0 Å². The van der Waals surface area contributed by atoms with Gasteiger partial charge in [0.1, 0.15) is 5.82 Å². The molecule has 2 N–H and O–H groups in total. The van der Waals surface area contributed by atoms with E-state index in [2.05, 4.69) is 15.9 Å². The smallest absolute Gasteiger partial charge is 0.123 e. The highest BCUT2D eigenvalue weighted by molar-refractivity contribution is 9.10. The lowest BCUT2D eigenvalue weighted by Crippen LogP contribution is -2.23. The first-order valence-electron chi connectivity index (χ1n) is 5.32. The molecular weight excluding hydrogens is 273 g/mol. The third-order valence-electron chi connectivity index (χ3n) is 2.41. The quantitative estimate of drug-likeness (QED) is 0.818. The zero-order chi connectivity index (χ0) is 12.0. The summed E-state index contributed by atoms with van der Waals surface area (Å²) in [5.41, 5.74) is 6.89. The predicted octanol–water partition coefficient (Wildman–Crippen LogP) is 2.88. The first kappa shape index (κ1) is 13.6. The van der Waals surface area contributed by atoms with Crippen molar-refractivity contribution in [2.75, 3.05) is 13.7 Å². The van der Waals surface area contributed by atoms with Crippen molar-refractivity contribution >= 4 is 15.9 Å². The van der Waals surface area contributed by atoms with E-state index >= 15 is 0 Å². The second-order valence-corrected chi connectivity index (χ2v) is 4.69. The molecule has 0 radical (unpaired) electrons. The minimum absolute atomic E-state index is 0.0493. The van der Waals surface area contributed by atoms with E-state index in [9.17, 15) is 4.39 Å². The summed E-state index contributed by atoms with van der Waals surface area (Å²) in [4.78, 5) is 0. The van der Waals surface area contributed by atoms with Gasteiger partial charge in [-0.05, 0) is 43.0 Å². The lowest BCUT2D eigenvalue weighted by atomic mass is 10.0. The van der Waals surface area contributed by atoms with Gasteiger partial charge in [-0.1, -0.05) is 15.9 Å². The van der Waals surface area contributed by atoms with Crippen molar-refractivity contribution in [3.63, 3.8) is 0 Å². The molecule has 1 rings (SSSR count). The molecule has 0 saturated carbocycles. The van der Waals surface area contributed by atoms with Gasteiger partial charge in [-0.15, -0.1) is 0 Å². The average Bonchev–Trinajstić information content (AvgIpc) is 2.24. The second kappa shape index (κ2) is 6.99. The monoisotopic (exact) mass is 289 g/mol. The molecule has 0 bridgehead atoms. The molecule has 0 saturated heterocycles. The number of rotatable bonds is 6. The van der Waals surface area contributed by atoms with Crippen molar-refractivity contribution in [1.29, 1.82) is 0 Å². The zero-order valence-electron chi connectivity index (χ0n) is 9.38. The van der Waals surface area contributed by atoms with Crippen molar-refractivity contribution in [1.82, 2.24) is 0 Å². The normalized spacial score (nSPS) is 12.8. The fourth-order valence-corrected chi connectivity index (χ4v) is 1.98. The average molecular weight is 290 g/mol. The largest absolute Gasteiger partial charge is 0.385 e. The van der Waals surface area contributed by atoms with Crippen molar-refractivity contribution in [2.24, 2.45) is 5.73 Å². The summed E-state index contributed by atoms with van der Waals surface area (Å²) in [5.74, 6) is -0.220. The van der Waals surface area contributed by atoms with Crippen LogP contribution in [0.5, 0.6) is 0 Å². The summed E-state index contributed by atoms with van der Waals surface area (Å²) in [6, 6.07) is 4.73. The molecule has 0 aliphatic heterocycles. The molecule has 0 heterocycles. The van der Waals surface area contributed by atoms with E-state index in [1.54, 1.807) is 13.2 Å². The molecule has 1 aromatic carbocycles. The van der Waals surface area contributed by atoms with Crippen LogP contribution in [-0.2, 0) is 11.2 Å². The summed E-state index contributed by atoms with van der Waals surface area (Å²) >= 11 is 3.39. The Kier molecular flexibility index (Phi) is 5.95. The first-order valence-corrected chi connectivity index (χ1v) is 6.11. The molecule has 1 unspecified atom stereocenters. The van der Waals surface area contributed by atoms with Crippen LogP contribution in [0.25, 0.3) is 0 Å². The molecule has 0 amide bonds. The fraction of sp³-hybridized carbons (Fsp3) is 0.500. The number of hydrogen-bond acceptors (Lipinski definition) is 2. The highest BCUT2D eigenvalue weighted by Crippen LogP contribution is 2.19. The van der Waals surface area contributed by atoms with Gasteiger partial charge < -0.3 is 10.5 Å². The van der Waals surface area contributed by atoms with Gasteiger partial charge in [-0.3, -0.25) is 0 Å². The van der Waals surface area contributed by atoms with E-state index in [1.807, 2.05) is 0 Å². The van der Waals surface area contributed by atoms with E-state index in [4.69, 9.17) is 10.5 Å². The standard InChI is InChI=1S/C12H17BrFNO/c1-16-6-2-3-11(15)8-9-7-10(14)4-5-12(9)13/h4-5,7,11H,2-3,6,8,15H2,1H3. The number of ether oxygens (including phenoxy) is 1. The molecule has 1 atom stereocenters. The van der Waals surface area contributed by atoms with Gasteiger partial charge >= 0.3 is 0 Å². The van der Waals surface area contributed by atoms with Gasteiger partial charge in [-0.25, -0.2) is 4.39 Å². The molecular formula is C12H17BrFNO. The summed E-state index contributed by atoms with van der Waals surface area (Å²) in [7, 11) is 1.68. The highest BCUT2D eigenvalue weighted by atomic mass is 79.9. The Bertz CT molecular complexity index is 333. The molecule has 2 nitrogen and oxygen atoms in total. The highest BCUT2D eigenvalue weighted by Gasteiger charge is 2.08. The van der Waals surface area contributed by atoms with Crippen molar-refractivity contribution in [2.45, 2.75) is 25.3 Å². The number of nitrogens with two attached hydrogens (primary N) is 1. The van der Waals surface area contributed by atoms with Gasteiger partial charge in [0, 0.05) is 24.2 Å². The molecule has 0 aliphatic rings. The topological polar surface area (TPSA) is 35.2 Å². The third kappa shape index (κ3) is 4.60. The molecule has 0 aromatic heterocycles. The minimum Gasteiger partial charge on any atom is -0.385 e. The zero-order valence-corrected chi connectivity index (χ0v) is 11.0. The Labute approximate surface area is 104 Å². The molecule has 90 valence electrons. The minimum atomic E-state index is -0.220. The van der Waals surface area contributed by atoms with Crippen molar-refractivity contribution in [3.05, 3.63) is 34.1 Å². The molecule has 0 aliphatic carbocycles. The Morgan fingerprint density at radius 3 is 2.94 bits per heavy atom. The summed E-state index contributed by atoms with van der Waals surface area (Å²) in [5, 5.41) is 0. The summed E-state index contributed by atoms with van der Waals surface area (Å²) in [6.45, 7) is 0.720. The van der Waals surface area contributed by atoms with Gasteiger partial charge in [0.15, 0.2) is 0 Å². The van der Waals surface area contributed by atoms with Gasteiger partial charge in [0.25, 0.3) is 0 Å². The Morgan fingerprint density at radius 2 is 2.25 bits per heavy atom. The number of benzene rings is 1. The van der Waals surface area contributed by atoms with Crippen LogP contribution in [0.3, 0.4) is 0 Å². The van der Waals surface area contributed by atoms with Gasteiger partial charge in [0.05, 0.1) is 0 Å². The molecule has 0 fully saturated rings. The fourth-order valence-electron chi connectivity index (χ4n) is 1.57. The Hall–Kier alpha value is -0.450. The van der Waals surface area contributed by atoms with Crippen LogP contribution >= 0.6 is 15.9 Å². The first-order chi connectivity index (χ1) is 7.63. The third-order valence-corrected chi connectivity index (χ3v) is 3.19. The predicted molar refractivity (Wildman–Crippen MR) is 66.9 cm³/mol. The SMILES string of the molecule is COCCCC(N)Cc1cc(F)ccc1Br. The summed E-state index contributed by atoms with van der Waals surface area (Å²) < 4.78 is 18.9. The van der Waals surface area contributed by atoms with Crippen molar-refractivity contribution in [3.8, 4) is 0 Å². The number of hydrogen-bond donors (Lipinski definition) is 1. The van der Waals surface area contributed by atoms with E-state index in [-0.39, 0.29) is 11.9 Å². The van der Waals surface area contributed by atoms with E-state index in [0.29, 0.717) is 6.42 Å². The lowest BCUT2D eigenvalue weighted by Gasteiger charge is -2.12. The van der Waals surface area contributed by atoms with Crippen LogP contribution < -0.4 is 5.73 Å². The maximum absolute atomic E-state index is 13.0. The van der Waals surface area contributed by atoms with Crippen LogP contribution in [0, 0.1) is 5.82 Å². The number of methoxy groups -OCH3 is 1. The maximum atomic E-state index is 13.0. The van der Waals surface area contributed by atoms with E-state index in [1.165, 1.54) is 12.1 Å². The maximum Gasteiger partial charge on any atom is 0.123 e. The molecule has 16 heavy (non-hydrogen) atoms. The van der Waals surface area contributed by atoms with E-state index < -0.39 is 0 Å². The van der Waals surface area contributed by atoms with Gasteiger partial charge in [0.2, 0.25) is 0 Å². The van der Waals surface area contributed by atoms with Crippen LogP contribution in [0.1, 0.15) is 18.4 Å². The number of halogens is 2. The lowest BCUT2D eigenvalue weighted by molar-refractivity contribution is 0.190. The second-order valence-electron chi connectivity index (χ2n) is 3.83. The van der Waals surface area contributed by atoms with Gasteiger partial charge in [-0.2, -0.15) is 0 Å². The Balaban J connectivity index is 2.48. The molecule has 1 aromatic rings. The van der Waals surface area contributed by atoms with E-state index in [0.717, 1.165) is 29.5 Å². The molecule has 4 heteroatoms. The van der Waals surface area contributed by atoms with Crippen LogP contribution in [-0.4, -0.2) is 19.8 Å². The van der Waals surface area contributed by atoms with Crippen molar-refractivity contribution < 1.29 is 9.13 Å². The van der Waals surface area contributed by atoms with Crippen LogP contribution in [0.15, 0.2) is 22.7 Å². The summed E-state index contributed by atoms with van der Waals surface area (Å²) in [6.07, 6.45) is 2.50.